The lowest BCUT2D eigenvalue weighted by Gasteiger charge is -2.21. The molecule has 3 N–H and O–H groups in total. The Morgan fingerprint density at radius 3 is 2.70 bits per heavy atom. The second-order valence-corrected chi connectivity index (χ2v) is 7.71. The highest BCUT2D eigenvalue weighted by Gasteiger charge is 2.22. The number of nitrogens with zero attached hydrogens (tertiary/aromatic N) is 1. The summed E-state index contributed by atoms with van der Waals surface area (Å²) in [4.78, 5) is 16.1. The van der Waals surface area contributed by atoms with Crippen molar-refractivity contribution in [2.24, 2.45) is 4.99 Å². The predicted octanol–water partition coefficient (Wildman–Crippen LogP) is 1.99. The molecule has 1 aromatic carbocycles. The lowest BCUT2D eigenvalue weighted by molar-refractivity contribution is -0.121. The van der Waals surface area contributed by atoms with Gasteiger partial charge in [-0.2, -0.15) is 0 Å². The van der Waals surface area contributed by atoms with Crippen LogP contribution in [0.2, 0.25) is 0 Å². The molecule has 0 saturated carbocycles. The van der Waals surface area contributed by atoms with Crippen molar-refractivity contribution in [1.82, 2.24) is 16.0 Å². The zero-order valence-electron chi connectivity index (χ0n) is 17.2. The standard InChI is InChI=1S/C20H32N4O3/c1-7-26-16-9-14-8-13(2)27-17(14)10-15(16)11-22-19(21-6)23-12-18(25)24-20(3,4)5/h9-10,13H,7-8,11-12H2,1-6H3,(H,24,25)(H2,21,22,23). The molecule has 0 aliphatic carbocycles. The molecule has 1 aliphatic rings. The van der Waals surface area contributed by atoms with E-state index in [1.807, 2.05) is 33.8 Å². The molecule has 7 heteroatoms. The average Bonchev–Trinajstić information content (AvgIpc) is 2.92. The third-order valence-electron chi connectivity index (χ3n) is 3.98. The summed E-state index contributed by atoms with van der Waals surface area (Å²) in [7, 11) is 1.67. The molecule has 1 aliphatic heterocycles. The van der Waals surface area contributed by atoms with Crippen LogP contribution in [0.4, 0.5) is 0 Å². The van der Waals surface area contributed by atoms with E-state index in [2.05, 4.69) is 33.9 Å². The van der Waals surface area contributed by atoms with Gasteiger partial charge in [0, 0.05) is 36.7 Å². The van der Waals surface area contributed by atoms with Crippen molar-refractivity contribution < 1.29 is 14.3 Å². The number of nitrogens with one attached hydrogen (secondary N) is 3. The van der Waals surface area contributed by atoms with Crippen molar-refractivity contribution in [3.8, 4) is 11.5 Å². The van der Waals surface area contributed by atoms with E-state index in [1.165, 1.54) is 5.56 Å². The minimum absolute atomic E-state index is 0.0830. The summed E-state index contributed by atoms with van der Waals surface area (Å²) in [6.07, 6.45) is 1.09. The van der Waals surface area contributed by atoms with Crippen LogP contribution in [0.1, 0.15) is 45.7 Å². The fourth-order valence-electron chi connectivity index (χ4n) is 2.94. The predicted molar refractivity (Wildman–Crippen MR) is 108 cm³/mol. The quantitative estimate of drug-likeness (QED) is 0.522. The molecule has 1 aromatic rings. The molecule has 0 radical (unpaired) electrons. The van der Waals surface area contributed by atoms with Crippen LogP contribution in [0.25, 0.3) is 0 Å². The fraction of sp³-hybridized carbons (Fsp3) is 0.600. The molecule has 150 valence electrons. The topological polar surface area (TPSA) is 84.0 Å². The van der Waals surface area contributed by atoms with Crippen molar-refractivity contribution in [1.29, 1.82) is 0 Å². The average molecular weight is 377 g/mol. The minimum Gasteiger partial charge on any atom is -0.494 e. The Kier molecular flexibility index (Phi) is 6.93. The van der Waals surface area contributed by atoms with Gasteiger partial charge in [0.1, 0.15) is 17.6 Å². The van der Waals surface area contributed by atoms with E-state index in [0.29, 0.717) is 19.1 Å². The maximum Gasteiger partial charge on any atom is 0.239 e. The van der Waals surface area contributed by atoms with Gasteiger partial charge in [0.25, 0.3) is 0 Å². The van der Waals surface area contributed by atoms with E-state index >= 15 is 0 Å². The Labute approximate surface area is 161 Å². The lowest BCUT2D eigenvalue weighted by Crippen LogP contribution is -2.48. The Morgan fingerprint density at radius 2 is 2.07 bits per heavy atom. The van der Waals surface area contributed by atoms with Gasteiger partial charge in [-0.1, -0.05) is 0 Å². The largest absolute Gasteiger partial charge is 0.494 e. The Hall–Kier alpha value is -2.44. The van der Waals surface area contributed by atoms with Crippen LogP contribution < -0.4 is 25.4 Å². The van der Waals surface area contributed by atoms with E-state index in [0.717, 1.165) is 23.5 Å². The van der Waals surface area contributed by atoms with Crippen LogP contribution >= 0.6 is 0 Å². The molecule has 7 nitrogen and oxygen atoms in total. The Morgan fingerprint density at radius 1 is 1.33 bits per heavy atom. The first-order valence-corrected chi connectivity index (χ1v) is 9.42. The third kappa shape index (κ3) is 6.34. The number of rotatable bonds is 6. The summed E-state index contributed by atoms with van der Waals surface area (Å²) in [6.45, 7) is 11.1. The first-order chi connectivity index (χ1) is 12.7. The highest BCUT2D eigenvalue weighted by Crippen LogP contribution is 2.35. The summed E-state index contributed by atoms with van der Waals surface area (Å²) in [5, 5.41) is 9.17. The number of carbonyl (C=O) groups is 1. The lowest BCUT2D eigenvalue weighted by atomic mass is 10.1. The zero-order valence-corrected chi connectivity index (χ0v) is 17.2. The number of hydrogen-bond donors (Lipinski definition) is 3. The molecule has 0 spiro atoms. The number of ether oxygens (including phenoxy) is 2. The Balaban J connectivity index is 1.98. The molecule has 27 heavy (non-hydrogen) atoms. The first-order valence-electron chi connectivity index (χ1n) is 9.42. The van der Waals surface area contributed by atoms with Gasteiger partial charge in [-0.15, -0.1) is 0 Å². The van der Waals surface area contributed by atoms with Gasteiger partial charge in [0.05, 0.1) is 13.2 Å². The normalized spacial score (nSPS) is 16.4. The third-order valence-corrected chi connectivity index (χ3v) is 3.98. The number of aliphatic imine (C=N–C) groups is 1. The second-order valence-electron chi connectivity index (χ2n) is 7.71. The molecule has 1 unspecified atom stereocenters. The van der Waals surface area contributed by atoms with Crippen LogP contribution in [0.5, 0.6) is 11.5 Å². The summed E-state index contributed by atoms with van der Waals surface area (Å²) in [5.41, 5.74) is 1.91. The van der Waals surface area contributed by atoms with E-state index in [-0.39, 0.29) is 24.1 Å². The van der Waals surface area contributed by atoms with Crippen LogP contribution in [0.15, 0.2) is 17.1 Å². The van der Waals surface area contributed by atoms with E-state index in [9.17, 15) is 4.79 Å². The molecule has 0 saturated heterocycles. The van der Waals surface area contributed by atoms with Gasteiger partial charge >= 0.3 is 0 Å². The van der Waals surface area contributed by atoms with Crippen molar-refractivity contribution in [2.45, 2.75) is 59.2 Å². The summed E-state index contributed by atoms with van der Waals surface area (Å²) in [6, 6.07) is 4.09. The molecule has 0 fully saturated rings. The number of benzene rings is 1. The summed E-state index contributed by atoms with van der Waals surface area (Å²) >= 11 is 0. The number of amides is 1. The zero-order chi connectivity index (χ0) is 20.0. The van der Waals surface area contributed by atoms with Gasteiger partial charge in [0.15, 0.2) is 5.96 Å². The maximum absolute atomic E-state index is 12.0. The van der Waals surface area contributed by atoms with E-state index in [4.69, 9.17) is 9.47 Å². The number of fused-ring (bicyclic) bond motifs is 1. The smallest absolute Gasteiger partial charge is 0.239 e. The van der Waals surface area contributed by atoms with Crippen LogP contribution in [0, 0.1) is 0 Å². The highest BCUT2D eigenvalue weighted by molar-refractivity contribution is 5.86. The van der Waals surface area contributed by atoms with Crippen LogP contribution in [0.3, 0.4) is 0 Å². The number of hydrogen-bond acceptors (Lipinski definition) is 4. The molecule has 2 rings (SSSR count). The Bertz CT molecular complexity index is 695. The SMILES string of the molecule is CCOc1cc2c(cc1CNC(=NC)NCC(=O)NC(C)(C)C)OC(C)C2. The molecular weight excluding hydrogens is 344 g/mol. The van der Waals surface area contributed by atoms with Crippen molar-refractivity contribution in [2.75, 3.05) is 20.2 Å². The van der Waals surface area contributed by atoms with Gasteiger partial charge in [-0.3, -0.25) is 9.79 Å². The van der Waals surface area contributed by atoms with E-state index in [1.54, 1.807) is 7.05 Å². The van der Waals surface area contributed by atoms with Crippen molar-refractivity contribution >= 4 is 11.9 Å². The highest BCUT2D eigenvalue weighted by atomic mass is 16.5. The molecule has 1 heterocycles. The van der Waals surface area contributed by atoms with Gasteiger partial charge in [-0.25, -0.2) is 0 Å². The van der Waals surface area contributed by atoms with Crippen LogP contribution in [-0.2, 0) is 17.8 Å². The van der Waals surface area contributed by atoms with Gasteiger partial charge < -0.3 is 25.4 Å². The number of carbonyl (C=O) groups excluding carboxylic acids is 1. The van der Waals surface area contributed by atoms with Gasteiger partial charge in [-0.05, 0) is 46.8 Å². The monoisotopic (exact) mass is 376 g/mol. The van der Waals surface area contributed by atoms with Crippen LogP contribution in [-0.4, -0.2) is 43.7 Å². The number of guanidine groups is 1. The molecule has 1 atom stereocenters. The molecular formula is C20H32N4O3. The van der Waals surface area contributed by atoms with Crippen molar-refractivity contribution in [3.63, 3.8) is 0 Å². The van der Waals surface area contributed by atoms with Crippen molar-refractivity contribution in [3.05, 3.63) is 23.3 Å². The minimum atomic E-state index is -0.260. The second kappa shape index (κ2) is 8.97. The molecule has 0 aromatic heterocycles. The molecule has 1 amide bonds. The maximum atomic E-state index is 12.0. The first kappa shape index (κ1) is 20.9. The van der Waals surface area contributed by atoms with Gasteiger partial charge in [0.2, 0.25) is 5.91 Å². The molecule has 0 bridgehead atoms. The summed E-state index contributed by atoms with van der Waals surface area (Å²) < 4.78 is 11.7. The van der Waals surface area contributed by atoms with E-state index < -0.39 is 0 Å². The fourth-order valence-corrected chi connectivity index (χ4v) is 2.94. The summed E-state index contributed by atoms with van der Waals surface area (Å²) in [5.74, 6) is 2.23.